The van der Waals surface area contributed by atoms with Crippen molar-refractivity contribution >= 4 is 11.9 Å². The lowest BCUT2D eigenvalue weighted by atomic mass is 10.1. The molecule has 0 saturated heterocycles. The Kier molecular flexibility index (Phi) is 3.86. The highest BCUT2D eigenvalue weighted by Gasteiger charge is 2.01. The van der Waals surface area contributed by atoms with Crippen LogP contribution in [0.15, 0.2) is 54.9 Å². The molecule has 3 heteroatoms. The number of ketones is 1. The Balaban J connectivity index is 2.19. The van der Waals surface area contributed by atoms with Crippen molar-refractivity contribution in [3.8, 4) is 5.75 Å². The molecular formula is C15H13NO2. The Morgan fingerprint density at radius 1 is 1.17 bits per heavy atom. The molecule has 1 heterocycles. The van der Waals surface area contributed by atoms with E-state index in [1.165, 1.54) is 6.08 Å². The molecule has 18 heavy (non-hydrogen) atoms. The maximum atomic E-state index is 11.9. The van der Waals surface area contributed by atoms with E-state index in [9.17, 15) is 4.79 Å². The van der Waals surface area contributed by atoms with Crippen LogP contribution in [0.3, 0.4) is 0 Å². The number of aromatic nitrogens is 1. The van der Waals surface area contributed by atoms with Crippen LogP contribution in [0.2, 0.25) is 0 Å². The van der Waals surface area contributed by atoms with Gasteiger partial charge in [-0.15, -0.1) is 0 Å². The molecule has 2 aromatic rings. The van der Waals surface area contributed by atoms with Crippen LogP contribution >= 0.6 is 0 Å². The third-order valence-corrected chi connectivity index (χ3v) is 2.52. The fourth-order valence-electron chi connectivity index (χ4n) is 1.58. The first kappa shape index (κ1) is 12.0. The molecule has 0 aliphatic heterocycles. The van der Waals surface area contributed by atoms with Gasteiger partial charge >= 0.3 is 0 Å². The maximum absolute atomic E-state index is 11.9. The Bertz CT molecular complexity index is 562. The third kappa shape index (κ3) is 2.83. The minimum Gasteiger partial charge on any atom is -0.496 e. The number of hydrogen-bond acceptors (Lipinski definition) is 3. The largest absolute Gasteiger partial charge is 0.496 e. The average Bonchev–Trinajstić information content (AvgIpc) is 2.46. The first-order chi connectivity index (χ1) is 8.81. The van der Waals surface area contributed by atoms with Crippen molar-refractivity contribution in [1.82, 2.24) is 4.98 Å². The second-order valence-electron chi connectivity index (χ2n) is 3.68. The molecule has 0 atom stereocenters. The zero-order valence-corrected chi connectivity index (χ0v) is 10.0. The molecule has 0 N–H and O–H groups in total. The van der Waals surface area contributed by atoms with Gasteiger partial charge in [0.05, 0.1) is 7.11 Å². The summed E-state index contributed by atoms with van der Waals surface area (Å²) >= 11 is 0. The van der Waals surface area contributed by atoms with Crippen LogP contribution in [-0.4, -0.2) is 17.9 Å². The van der Waals surface area contributed by atoms with E-state index >= 15 is 0 Å². The lowest BCUT2D eigenvalue weighted by molar-refractivity contribution is 0.104. The number of hydrogen-bond donors (Lipinski definition) is 0. The summed E-state index contributed by atoms with van der Waals surface area (Å²) in [5.41, 5.74) is 1.50. The van der Waals surface area contributed by atoms with Crippen molar-refractivity contribution in [3.63, 3.8) is 0 Å². The molecule has 0 bridgehead atoms. The summed E-state index contributed by atoms with van der Waals surface area (Å²) in [5, 5.41) is 0. The quantitative estimate of drug-likeness (QED) is 0.608. The van der Waals surface area contributed by atoms with E-state index in [1.54, 1.807) is 37.7 Å². The predicted molar refractivity (Wildman–Crippen MR) is 70.6 cm³/mol. The zero-order chi connectivity index (χ0) is 12.8. The molecule has 1 aromatic carbocycles. The van der Waals surface area contributed by atoms with Gasteiger partial charge in [0.2, 0.25) is 0 Å². The van der Waals surface area contributed by atoms with Crippen molar-refractivity contribution in [3.05, 3.63) is 66.0 Å². The van der Waals surface area contributed by atoms with Crippen molar-refractivity contribution in [1.29, 1.82) is 0 Å². The molecule has 3 nitrogen and oxygen atoms in total. The topological polar surface area (TPSA) is 39.2 Å². The second kappa shape index (κ2) is 5.77. The molecular weight excluding hydrogens is 226 g/mol. The predicted octanol–water partition coefficient (Wildman–Crippen LogP) is 2.99. The van der Waals surface area contributed by atoms with Crippen LogP contribution < -0.4 is 4.74 Å². The van der Waals surface area contributed by atoms with Gasteiger partial charge in [-0.1, -0.05) is 18.2 Å². The first-order valence-electron chi connectivity index (χ1n) is 5.56. The number of nitrogens with zero attached hydrogens (tertiary/aromatic N) is 1. The van der Waals surface area contributed by atoms with Gasteiger partial charge < -0.3 is 4.74 Å². The molecule has 0 unspecified atom stereocenters. The third-order valence-electron chi connectivity index (χ3n) is 2.52. The maximum Gasteiger partial charge on any atom is 0.185 e. The van der Waals surface area contributed by atoms with Crippen molar-refractivity contribution in [2.24, 2.45) is 0 Å². The summed E-state index contributed by atoms with van der Waals surface area (Å²) in [7, 11) is 1.61. The van der Waals surface area contributed by atoms with Crippen LogP contribution in [-0.2, 0) is 0 Å². The average molecular weight is 239 g/mol. The lowest BCUT2D eigenvalue weighted by Gasteiger charge is -2.03. The number of carbonyl (C=O) groups is 1. The first-order valence-corrected chi connectivity index (χ1v) is 5.56. The SMILES string of the molecule is COc1ccccc1C=CC(=O)c1ccncc1. The number of methoxy groups -OCH3 is 1. The minimum absolute atomic E-state index is 0.0525. The summed E-state index contributed by atoms with van der Waals surface area (Å²) < 4.78 is 5.21. The highest BCUT2D eigenvalue weighted by atomic mass is 16.5. The summed E-state index contributed by atoms with van der Waals surface area (Å²) in [4.78, 5) is 15.7. The molecule has 0 saturated carbocycles. The van der Waals surface area contributed by atoms with E-state index in [1.807, 2.05) is 24.3 Å². The van der Waals surface area contributed by atoms with E-state index in [4.69, 9.17) is 4.74 Å². The van der Waals surface area contributed by atoms with Crippen LogP contribution in [0.4, 0.5) is 0 Å². The van der Waals surface area contributed by atoms with Gasteiger partial charge in [0.25, 0.3) is 0 Å². The number of allylic oxidation sites excluding steroid dienone is 1. The zero-order valence-electron chi connectivity index (χ0n) is 10.0. The number of ether oxygens (including phenoxy) is 1. The van der Waals surface area contributed by atoms with Gasteiger partial charge in [0, 0.05) is 23.5 Å². The van der Waals surface area contributed by atoms with Crippen LogP contribution in [0.1, 0.15) is 15.9 Å². The van der Waals surface area contributed by atoms with Gasteiger partial charge in [-0.2, -0.15) is 0 Å². The van der Waals surface area contributed by atoms with Crippen LogP contribution in [0.5, 0.6) is 5.75 Å². The monoisotopic (exact) mass is 239 g/mol. The normalized spacial score (nSPS) is 10.5. The standard InChI is InChI=1S/C15H13NO2/c1-18-15-5-3-2-4-13(15)6-7-14(17)12-8-10-16-11-9-12/h2-11H,1H3. The van der Waals surface area contributed by atoms with Crippen LogP contribution in [0, 0.1) is 0 Å². The van der Waals surface area contributed by atoms with E-state index < -0.39 is 0 Å². The number of rotatable bonds is 4. The van der Waals surface area contributed by atoms with Crippen LogP contribution in [0.25, 0.3) is 6.08 Å². The molecule has 0 spiro atoms. The highest BCUT2D eigenvalue weighted by Crippen LogP contribution is 2.18. The molecule has 0 aliphatic carbocycles. The smallest absolute Gasteiger partial charge is 0.185 e. The Labute approximate surface area is 106 Å². The summed E-state index contributed by atoms with van der Waals surface area (Å²) in [5.74, 6) is 0.694. The number of para-hydroxylation sites is 1. The van der Waals surface area contributed by atoms with Gasteiger partial charge in [-0.05, 0) is 30.4 Å². The summed E-state index contributed by atoms with van der Waals surface area (Å²) in [6.07, 6.45) is 6.49. The molecule has 0 amide bonds. The second-order valence-corrected chi connectivity index (χ2v) is 3.68. The van der Waals surface area contributed by atoms with Gasteiger partial charge in [0.1, 0.15) is 5.75 Å². The van der Waals surface area contributed by atoms with E-state index in [-0.39, 0.29) is 5.78 Å². The number of pyridine rings is 1. The minimum atomic E-state index is -0.0525. The lowest BCUT2D eigenvalue weighted by Crippen LogP contribution is -1.94. The molecule has 1 aromatic heterocycles. The number of benzene rings is 1. The Hall–Kier alpha value is -2.42. The van der Waals surface area contributed by atoms with Gasteiger partial charge in [-0.25, -0.2) is 0 Å². The molecule has 0 radical (unpaired) electrons. The summed E-state index contributed by atoms with van der Waals surface area (Å²) in [6, 6.07) is 10.9. The Morgan fingerprint density at radius 3 is 2.61 bits per heavy atom. The molecule has 0 fully saturated rings. The molecule has 2 rings (SSSR count). The van der Waals surface area contributed by atoms with E-state index in [0.29, 0.717) is 5.56 Å². The van der Waals surface area contributed by atoms with Gasteiger partial charge in [-0.3, -0.25) is 9.78 Å². The van der Waals surface area contributed by atoms with Crippen molar-refractivity contribution in [2.75, 3.05) is 7.11 Å². The van der Waals surface area contributed by atoms with E-state index in [0.717, 1.165) is 11.3 Å². The van der Waals surface area contributed by atoms with Crippen molar-refractivity contribution < 1.29 is 9.53 Å². The summed E-state index contributed by atoms with van der Waals surface area (Å²) in [6.45, 7) is 0. The Morgan fingerprint density at radius 2 is 1.89 bits per heavy atom. The molecule has 0 aliphatic rings. The highest BCUT2D eigenvalue weighted by molar-refractivity contribution is 6.06. The molecule has 90 valence electrons. The fourth-order valence-corrected chi connectivity index (χ4v) is 1.58. The number of carbonyl (C=O) groups excluding carboxylic acids is 1. The van der Waals surface area contributed by atoms with E-state index in [2.05, 4.69) is 4.98 Å². The fraction of sp³-hybridized carbons (Fsp3) is 0.0667. The van der Waals surface area contributed by atoms with Crippen molar-refractivity contribution in [2.45, 2.75) is 0 Å². The van der Waals surface area contributed by atoms with Gasteiger partial charge in [0.15, 0.2) is 5.78 Å².